The Balaban J connectivity index is -0.000000207. The molecule has 5 unspecified atom stereocenters. The maximum Gasteiger partial charge on any atom is 0.261 e. The number of hydrogen-bond acceptors (Lipinski definition) is 0. The Hall–Kier alpha value is -0.795. The van der Waals surface area contributed by atoms with Crippen LogP contribution < -0.4 is 0 Å². The smallest absolute Gasteiger partial charge is 0.261 e. The third-order valence-corrected chi connectivity index (χ3v) is 18.5. The fourth-order valence-corrected chi connectivity index (χ4v) is 12.8. The van der Waals surface area contributed by atoms with Gasteiger partial charge in [-0.25, -0.2) is 0 Å². The van der Waals surface area contributed by atoms with Crippen LogP contribution >= 0.6 is 0 Å². The molecule has 384 valence electrons. The van der Waals surface area contributed by atoms with Crippen molar-refractivity contribution in [1.29, 1.82) is 0 Å². The zero-order valence-electron chi connectivity index (χ0n) is 49.1. The van der Waals surface area contributed by atoms with Crippen molar-refractivity contribution in [2.24, 2.45) is 41.4 Å². The number of rotatable bonds is 30. The lowest BCUT2D eigenvalue weighted by Crippen LogP contribution is -2.16. The van der Waals surface area contributed by atoms with Crippen LogP contribution in [0.2, 0.25) is 26.4 Å². The van der Waals surface area contributed by atoms with Gasteiger partial charge in [0.15, 0.2) is 0 Å². The zero-order chi connectivity index (χ0) is 50.5. The van der Waals surface area contributed by atoms with Crippen molar-refractivity contribution in [3.63, 3.8) is 0 Å². The first kappa shape index (κ1) is 75.7. The summed E-state index contributed by atoms with van der Waals surface area (Å²) in [6.45, 7) is 56.8. The minimum atomic E-state index is -0.609. The molecule has 0 aliphatic carbocycles. The Morgan fingerprint density at radius 2 is 0.677 bits per heavy atom. The van der Waals surface area contributed by atoms with E-state index in [1.807, 2.05) is 19.9 Å². The molecule has 1 nitrogen and oxygen atoms in total. The molecular weight excluding hydrogens is 815 g/mol. The van der Waals surface area contributed by atoms with Crippen molar-refractivity contribution >= 4 is 29.4 Å². The molecule has 0 fully saturated rings. The third kappa shape index (κ3) is 80.6. The van der Waals surface area contributed by atoms with E-state index < -0.39 is 14.1 Å². The molecule has 2 N–H and O–H groups in total. The van der Waals surface area contributed by atoms with Gasteiger partial charge >= 0.3 is 0 Å². The second-order valence-electron chi connectivity index (χ2n) is 22.9. The van der Waals surface area contributed by atoms with Gasteiger partial charge in [0.05, 0.1) is 0 Å². The maximum absolute atomic E-state index is 3.74. The molecule has 0 heterocycles. The van der Waals surface area contributed by atoms with E-state index in [1.54, 1.807) is 15.8 Å². The minimum Gasteiger partial charge on any atom is -0.412 e. The Morgan fingerprint density at radius 3 is 0.892 bits per heavy atom. The van der Waals surface area contributed by atoms with E-state index in [9.17, 15) is 0 Å². The van der Waals surface area contributed by atoms with E-state index in [-0.39, 0.29) is 5.48 Å². The Morgan fingerprint density at radius 1 is 0.431 bits per heavy atom. The van der Waals surface area contributed by atoms with Gasteiger partial charge in [-0.05, 0) is 177 Å². The van der Waals surface area contributed by atoms with Crippen LogP contribution in [-0.4, -0.2) is 34.8 Å². The Labute approximate surface area is 425 Å². The zero-order valence-corrected chi connectivity index (χ0v) is 51.7. The fraction of sp³-hybridized carbons (Fsp3) is 0.774. The normalized spacial score (nSPS) is 12.4. The first-order chi connectivity index (χ1) is 29.8. The first-order valence-electron chi connectivity index (χ1n) is 27.2. The summed E-state index contributed by atoms with van der Waals surface area (Å²) in [6, 6.07) is 0. The molecule has 0 rings (SSSR count). The molecule has 0 aromatic heterocycles. The molecule has 0 amide bonds. The number of allylic oxidation sites excluding steroid dienone is 12. The van der Waals surface area contributed by atoms with Gasteiger partial charge in [-0.2, -0.15) is 0 Å². The molecule has 0 aliphatic rings. The lowest BCUT2D eigenvalue weighted by molar-refractivity contribution is 0.499. The molecule has 3 heteroatoms. The van der Waals surface area contributed by atoms with Gasteiger partial charge in [0.2, 0.25) is 15.2 Å². The molecule has 0 spiro atoms. The van der Waals surface area contributed by atoms with Crippen LogP contribution in [0.25, 0.3) is 0 Å². The molecule has 5 atom stereocenters. The van der Waals surface area contributed by atoms with Gasteiger partial charge in [-0.15, -0.1) is 13.2 Å². The van der Waals surface area contributed by atoms with Crippen molar-refractivity contribution in [3.8, 4) is 0 Å². The highest BCUT2D eigenvalue weighted by Gasteiger charge is 2.20. The van der Waals surface area contributed by atoms with Crippen LogP contribution in [0.4, 0.5) is 0 Å². The van der Waals surface area contributed by atoms with E-state index in [4.69, 9.17) is 0 Å². The van der Waals surface area contributed by atoms with Gasteiger partial charge in [-0.1, -0.05) is 203 Å². The van der Waals surface area contributed by atoms with Crippen LogP contribution in [0, 0.1) is 41.4 Å². The summed E-state index contributed by atoms with van der Waals surface area (Å²) in [4.78, 5) is 0. The van der Waals surface area contributed by atoms with E-state index in [1.165, 1.54) is 134 Å². The molecule has 0 saturated carbocycles. The average Bonchev–Trinajstić information content (AvgIpc) is 3.17. The molecule has 0 radical (unpaired) electrons. The summed E-state index contributed by atoms with van der Waals surface area (Å²) >= 11 is -0.293. The monoisotopic (exact) mass is 939 g/mol. The SMILES string of the molecule is C=C(C)C.C=CC(C)CCC=C(C)C.CC(C)=CCCC(C)C[CH2][Al]([CH2]CC(C)CCC=C(C)C)[CH2]CC(C)CCC=C(C)C.CC(C)[CH2][AlH][CH2]C(C)C.CCC(C)CCC=C(C)C.O. The highest BCUT2D eigenvalue weighted by atomic mass is 27.2. The highest BCUT2D eigenvalue weighted by Crippen LogP contribution is 2.26. The van der Waals surface area contributed by atoms with Crippen molar-refractivity contribution < 1.29 is 5.48 Å². The minimum absolute atomic E-state index is 0. The summed E-state index contributed by atoms with van der Waals surface area (Å²) in [6.07, 6.45) is 32.6. The van der Waals surface area contributed by atoms with E-state index in [0.717, 1.165) is 35.5 Å². The summed E-state index contributed by atoms with van der Waals surface area (Å²) < 4.78 is 0. The van der Waals surface area contributed by atoms with Crippen LogP contribution in [0.5, 0.6) is 0 Å². The van der Waals surface area contributed by atoms with Gasteiger partial charge in [0.1, 0.15) is 0 Å². The van der Waals surface area contributed by atoms with Crippen LogP contribution in [0.1, 0.15) is 242 Å². The van der Waals surface area contributed by atoms with Gasteiger partial charge in [-0.3, -0.25) is 0 Å². The summed E-state index contributed by atoms with van der Waals surface area (Å²) in [5, 5.41) is 7.82. The van der Waals surface area contributed by atoms with Gasteiger partial charge in [0, 0.05) is 0 Å². The molecule has 0 bridgehead atoms. The summed E-state index contributed by atoms with van der Waals surface area (Å²) in [7, 11) is 0. The Bertz CT molecular complexity index is 1090. The molecule has 65 heavy (non-hydrogen) atoms. The van der Waals surface area contributed by atoms with Crippen LogP contribution in [-0.2, 0) is 0 Å². The molecule has 0 saturated heterocycles. The van der Waals surface area contributed by atoms with Crippen molar-refractivity contribution in [2.75, 3.05) is 0 Å². The van der Waals surface area contributed by atoms with E-state index in [2.05, 4.69) is 182 Å². The van der Waals surface area contributed by atoms with E-state index >= 15 is 0 Å². The Kier molecular flexibility index (Phi) is 63.1. The van der Waals surface area contributed by atoms with Crippen LogP contribution in [0.3, 0.4) is 0 Å². The standard InChI is InChI=1S/C10H20.3C10H19.C10H18.2C4H9.C4H8.2Al.H2O.H/c5*1-5-10(4)8-6-7-9(2)3;3*1-4(2)3;;;;/h7,10H,5-6,8H2,1-4H3;3*7,10H,1,5-6,8H2,2-4H3;5,7,10H,1,6,8H2,2-4H3;2*4H,1H2,2-3H3;1H2,2-3H3;;;1H2;. The summed E-state index contributed by atoms with van der Waals surface area (Å²) in [5.41, 5.74) is 8.45. The second-order valence-corrected chi connectivity index (χ2v) is 28.2. The maximum atomic E-state index is 3.74. The van der Waals surface area contributed by atoms with Crippen molar-refractivity contribution in [2.45, 2.75) is 269 Å². The average molecular weight is 940 g/mol. The predicted octanol–water partition coefficient (Wildman–Crippen LogP) is 21.5. The topological polar surface area (TPSA) is 31.5 Å². The van der Waals surface area contributed by atoms with Crippen molar-refractivity contribution in [1.82, 2.24) is 0 Å². The second kappa shape index (κ2) is 54.1. The third-order valence-electron chi connectivity index (χ3n) is 11.9. The van der Waals surface area contributed by atoms with Gasteiger partial charge in [0.25, 0.3) is 14.1 Å². The predicted molar refractivity (Wildman–Crippen MR) is 314 cm³/mol. The lowest BCUT2D eigenvalue weighted by Gasteiger charge is -2.19. The summed E-state index contributed by atoms with van der Waals surface area (Å²) in [5.74, 6) is 6.17. The van der Waals surface area contributed by atoms with Gasteiger partial charge < -0.3 is 5.48 Å². The van der Waals surface area contributed by atoms with Crippen molar-refractivity contribution in [3.05, 3.63) is 83.1 Å². The molecular formula is C62H124Al2O. The van der Waals surface area contributed by atoms with E-state index in [0.29, 0.717) is 21.1 Å². The molecule has 0 aromatic carbocycles. The molecule has 0 aliphatic heterocycles. The largest absolute Gasteiger partial charge is 0.412 e. The molecule has 0 aromatic rings. The van der Waals surface area contributed by atoms with Crippen LogP contribution in [0.15, 0.2) is 83.1 Å². The lowest BCUT2D eigenvalue weighted by atomic mass is 10.0. The fourth-order valence-electron chi connectivity index (χ4n) is 6.94. The first-order valence-corrected chi connectivity index (χ1v) is 31.6. The highest BCUT2D eigenvalue weighted by molar-refractivity contribution is 6.58. The quantitative estimate of drug-likeness (QED) is 0.0508. The number of hydrogen-bond donors (Lipinski definition) is 0.